The molecule has 0 aromatic heterocycles. The van der Waals surface area contributed by atoms with Gasteiger partial charge in [-0.2, -0.15) is 0 Å². The predicted molar refractivity (Wildman–Crippen MR) is 64.0 cm³/mol. The molecule has 94 valence electrons. The lowest BCUT2D eigenvalue weighted by atomic mass is 9.86. The second-order valence-electron chi connectivity index (χ2n) is 4.82. The van der Waals surface area contributed by atoms with E-state index >= 15 is 0 Å². The topological polar surface area (TPSA) is 55.6 Å². The van der Waals surface area contributed by atoms with E-state index < -0.39 is 6.10 Å². The highest BCUT2D eigenvalue weighted by atomic mass is 16.5. The molecule has 4 nitrogen and oxygen atoms in total. The van der Waals surface area contributed by atoms with Crippen molar-refractivity contribution in [3.8, 4) is 0 Å². The maximum atomic E-state index is 12.0. The highest BCUT2D eigenvalue weighted by molar-refractivity contribution is 5.81. The quantitative estimate of drug-likeness (QED) is 0.781. The van der Waals surface area contributed by atoms with E-state index in [0.717, 1.165) is 18.8 Å². The number of amides is 1. The van der Waals surface area contributed by atoms with Gasteiger partial charge in [0.25, 0.3) is 5.91 Å². The van der Waals surface area contributed by atoms with Crippen LogP contribution in [-0.4, -0.2) is 43.7 Å². The van der Waals surface area contributed by atoms with Crippen molar-refractivity contribution in [3.05, 3.63) is 0 Å². The van der Waals surface area contributed by atoms with Crippen molar-refractivity contribution in [3.63, 3.8) is 0 Å². The van der Waals surface area contributed by atoms with Crippen LogP contribution in [-0.2, 0) is 9.53 Å². The molecule has 1 fully saturated rings. The number of methoxy groups -OCH3 is 1. The molecule has 0 aliphatic heterocycles. The van der Waals surface area contributed by atoms with Crippen LogP contribution in [0.3, 0.4) is 0 Å². The minimum absolute atomic E-state index is 0.0181. The molecule has 4 heteroatoms. The molecule has 0 bridgehead atoms. The summed E-state index contributed by atoms with van der Waals surface area (Å²) in [4.78, 5) is 13.8. The molecule has 16 heavy (non-hydrogen) atoms. The molecule has 1 aliphatic rings. The number of ether oxygens (including phenoxy) is 1. The minimum Gasteiger partial charge on any atom is -0.370 e. The highest BCUT2D eigenvalue weighted by Crippen LogP contribution is 2.26. The molecule has 1 saturated carbocycles. The Morgan fingerprint density at radius 3 is 2.44 bits per heavy atom. The van der Waals surface area contributed by atoms with Crippen LogP contribution in [0.2, 0.25) is 0 Å². The Hall–Kier alpha value is -0.610. The fourth-order valence-electron chi connectivity index (χ4n) is 2.33. The lowest BCUT2D eigenvalue weighted by molar-refractivity contribution is -0.142. The predicted octanol–water partition coefficient (Wildman–Crippen LogP) is 0.997. The molecule has 2 N–H and O–H groups in total. The third kappa shape index (κ3) is 3.19. The van der Waals surface area contributed by atoms with Crippen LogP contribution in [0, 0.1) is 5.92 Å². The fourth-order valence-corrected chi connectivity index (χ4v) is 2.33. The van der Waals surface area contributed by atoms with Crippen LogP contribution in [0.1, 0.15) is 32.6 Å². The number of rotatable bonds is 4. The van der Waals surface area contributed by atoms with Gasteiger partial charge in [-0.1, -0.05) is 6.92 Å². The zero-order valence-electron chi connectivity index (χ0n) is 10.6. The van der Waals surface area contributed by atoms with E-state index in [1.54, 1.807) is 0 Å². The summed E-state index contributed by atoms with van der Waals surface area (Å²) in [6, 6.07) is 0.368. The number of carbonyl (C=O) groups excluding carboxylic acids is 1. The van der Waals surface area contributed by atoms with Gasteiger partial charge in [-0.15, -0.1) is 0 Å². The van der Waals surface area contributed by atoms with Gasteiger partial charge in [0.15, 0.2) is 0 Å². The van der Waals surface area contributed by atoms with Gasteiger partial charge < -0.3 is 15.4 Å². The second-order valence-corrected chi connectivity index (χ2v) is 4.82. The van der Waals surface area contributed by atoms with E-state index in [1.165, 1.54) is 20.0 Å². The Morgan fingerprint density at radius 2 is 2.00 bits per heavy atom. The first-order chi connectivity index (χ1) is 7.60. The van der Waals surface area contributed by atoms with Gasteiger partial charge in [0, 0.05) is 26.7 Å². The Kier molecular flexibility index (Phi) is 5.22. The molecule has 0 aromatic rings. The van der Waals surface area contributed by atoms with E-state index in [4.69, 9.17) is 10.5 Å². The van der Waals surface area contributed by atoms with E-state index in [9.17, 15) is 4.79 Å². The van der Waals surface area contributed by atoms with Crippen LogP contribution in [0.25, 0.3) is 0 Å². The van der Waals surface area contributed by atoms with Gasteiger partial charge in [-0.05, 0) is 31.6 Å². The first kappa shape index (κ1) is 13.5. The molecule has 0 radical (unpaired) electrons. The third-order valence-electron chi connectivity index (χ3n) is 3.65. The lowest BCUT2D eigenvalue weighted by Crippen LogP contribution is -2.47. The average molecular weight is 228 g/mol. The average Bonchev–Trinajstić information content (AvgIpc) is 2.30. The highest BCUT2D eigenvalue weighted by Gasteiger charge is 2.28. The Bertz CT molecular complexity index is 221. The van der Waals surface area contributed by atoms with E-state index in [0.29, 0.717) is 6.04 Å². The number of hydrogen-bond acceptors (Lipinski definition) is 3. The SMILES string of the molecule is COC(CN)C(=O)N(C)C1CCC(C)CC1. The first-order valence-corrected chi connectivity index (χ1v) is 6.09. The summed E-state index contributed by atoms with van der Waals surface area (Å²) in [5, 5.41) is 0. The molecule has 0 aromatic carbocycles. The summed E-state index contributed by atoms with van der Waals surface area (Å²) in [5.74, 6) is 0.817. The van der Waals surface area contributed by atoms with Crippen LogP contribution in [0.15, 0.2) is 0 Å². The summed E-state index contributed by atoms with van der Waals surface area (Å²) >= 11 is 0. The summed E-state index contributed by atoms with van der Waals surface area (Å²) in [6.07, 6.45) is 4.14. The fraction of sp³-hybridized carbons (Fsp3) is 0.917. The molecule has 1 atom stereocenters. The number of nitrogens with two attached hydrogens (primary N) is 1. The second kappa shape index (κ2) is 6.21. The van der Waals surface area contributed by atoms with Gasteiger partial charge >= 0.3 is 0 Å². The first-order valence-electron chi connectivity index (χ1n) is 6.09. The Morgan fingerprint density at radius 1 is 1.44 bits per heavy atom. The lowest BCUT2D eigenvalue weighted by Gasteiger charge is -2.35. The monoisotopic (exact) mass is 228 g/mol. The van der Waals surface area contributed by atoms with Crippen molar-refractivity contribution in [1.82, 2.24) is 4.90 Å². The maximum absolute atomic E-state index is 12.0. The maximum Gasteiger partial charge on any atom is 0.252 e. The standard InChI is InChI=1S/C12H24N2O2/c1-9-4-6-10(7-5-9)14(2)12(15)11(8-13)16-3/h9-11H,4-8,13H2,1-3H3. The zero-order valence-corrected chi connectivity index (χ0v) is 10.6. The molecule has 0 saturated heterocycles. The van der Waals surface area contributed by atoms with E-state index in [2.05, 4.69) is 6.92 Å². The van der Waals surface area contributed by atoms with Crippen molar-refractivity contribution >= 4 is 5.91 Å². The molecule has 1 rings (SSSR count). The molecule has 0 heterocycles. The molecule has 1 unspecified atom stereocenters. The largest absolute Gasteiger partial charge is 0.370 e. The van der Waals surface area contributed by atoms with Crippen LogP contribution in [0.4, 0.5) is 0 Å². The van der Waals surface area contributed by atoms with Crippen molar-refractivity contribution < 1.29 is 9.53 Å². The van der Waals surface area contributed by atoms with E-state index in [1.807, 2.05) is 11.9 Å². The molecular weight excluding hydrogens is 204 g/mol. The third-order valence-corrected chi connectivity index (χ3v) is 3.65. The molecule has 1 amide bonds. The van der Waals surface area contributed by atoms with Crippen LogP contribution < -0.4 is 5.73 Å². The van der Waals surface area contributed by atoms with Crippen LogP contribution in [0.5, 0.6) is 0 Å². The van der Waals surface area contributed by atoms with Crippen molar-refractivity contribution in [2.75, 3.05) is 20.7 Å². The van der Waals surface area contributed by atoms with Crippen molar-refractivity contribution in [1.29, 1.82) is 0 Å². The van der Waals surface area contributed by atoms with E-state index in [-0.39, 0.29) is 12.5 Å². The van der Waals surface area contributed by atoms with Gasteiger partial charge in [0.1, 0.15) is 6.10 Å². The summed E-state index contributed by atoms with van der Waals surface area (Å²) in [6.45, 7) is 2.53. The Labute approximate surface area is 98.1 Å². The molecular formula is C12H24N2O2. The summed E-state index contributed by atoms with van der Waals surface area (Å²) in [5.41, 5.74) is 5.50. The molecule has 1 aliphatic carbocycles. The number of likely N-dealkylation sites (N-methyl/N-ethyl adjacent to an activating group) is 1. The van der Waals surface area contributed by atoms with Gasteiger partial charge in [0.05, 0.1) is 0 Å². The Balaban J connectivity index is 2.50. The zero-order chi connectivity index (χ0) is 12.1. The molecule has 0 spiro atoms. The normalized spacial score (nSPS) is 27.5. The van der Waals surface area contributed by atoms with Crippen molar-refractivity contribution in [2.24, 2.45) is 11.7 Å². The van der Waals surface area contributed by atoms with Gasteiger partial charge in [-0.3, -0.25) is 4.79 Å². The number of hydrogen-bond donors (Lipinski definition) is 1. The van der Waals surface area contributed by atoms with Gasteiger partial charge in [-0.25, -0.2) is 0 Å². The minimum atomic E-state index is -0.482. The number of nitrogens with zero attached hydrogens (tertiary/aromatic N) is 1. The summed E-state index contributed by atoms with van der Waals surface area (Å²) in [7, 11) is 3.40. The van der Waals surface area contributed by atoms with Gasteiger partial charge in [0.2, 0.25) is 0 Å². The van der Waals surface area contributed by atoms with Crippen LogP contribution >= 0.6 is 0 Å². The number of carbonyl (C=O) groups is 1. The van der Waals surface area contributed by atoms with Crippen molar-refractivity contribution in [2.45, 2.75) is 44.8 Å². The smallest absolute Gasteiger partial charge is 0.252 e. The summed E-state index contributed by atoms with van der Waals surface area (Å²) < 4.78 is 5.08.